The zero-order valence-electron chi connectivity index (χ0n) is 15.0. The van der Waals surface area contributed by atoms with Crippen LogP contribution in [0.15, 0.2) is 41.1 Å². The summed E-state index contributed by atoms with van der Waals surface area (Å²) in [7, 11) is 2.08. The van der Waals surface area contributed by atoms with E-state index < -0.39 is 0 Å². The summed E-state index contributed by atoms with van der Waals surface area (Å²) in [4.78, 5) is 3.63. The summed E-state index contributed by atoms with van der Waals surface area (Å²) in [5.74, 6) is 0. The standard InChI is InChI=1S/C21H26N2OS/c1-3-21(22-2,15-10-13-25-14-15)11-8-19-20-17(9-12-24-19)16-6-4-5-7-18(16)23-20/h4-7,10,13-14,19,22-23H,3,8-9,11-12H2,1-2H3. The summed E-state index contributed by atoms with van der Waals surface area (Å²) in [5.41, 5.74) is 5.41. The average Bonchev–Trinajstić information content (AvgIpc) is 3.31. The highest BCUT2D eigenvalue weighted by Crippen LogP contribution is 2.39. The van der Waals surface area contributed by atoms with Gasteiger partial charge in [-0.05, 0) is 66.8 Å². The van der Waals surface area contributed by atoms with E-state index in [0.29, 0.717) is 0 Å². The molecule has 25 heavy (non-hydrogen) atoms. The molecule has 0 saturated heterocycles. The molecule has 2 N–H and O–H groups in total. The molecule has 1 aliphatic rings. The minimum Gasteiger partial charge on any atom is -0.372 e. The van der Waals surface area contributed by atoms with Crippen LogP contribution in [0.3, 0.4) is 0 Å². The number of benzene rings is 1. The molecule has 3 aromatic rings. The molecule has 0 bridgehead atoms. The summed E-state index contributed by atoms with van der Waals surface area (Å²) < 4.78 is 6.18. The van der Waals surface area contributed by atoms with Gasteiger partial charge < -0.3 is 15.0 Å². The largest absolute Gasteiger partial charge is 0.372 e. The van der Waals surface area contributed by atoms with E-state index in [1.165, 1.54) is 27.7 Å². The Morgan fingerprint density at radius 3 is 2.96 bits per heavy atom. The maximum Gasteiger partial charge on any atom is 0.0976 e. The number of hydrogen-bond donors (Lipinski definition) is 2. The van der Waals surface area contributed by atoms with Crippen LogP contribution in [0.25, 0.3) is 10.9 Å². The maximum atomic E-state index is 6.18. The highest BCUT2D eigenvalue weighted by atomic mass is 32.1. The molecule has 4 rings (SSSR count). The fourth-order valence-corrected chi connectivity index (χ4v) is 5.02. The third-order valence-electron chi connectivity index (χ3n) is 5.83. The van der Waals surface area contributed by atoms with Gasteiger partial charge in [0.25, 0.3) is 0 Å². The Labute approximate surface area is 153 Å². The molecule has 0 radical (unpaired) electrons. The predicted molar refractivity (Wildman–Crippen MR) is 105 cm³/mol. The molecule has 0 saturated carbocycles. The fraction of sp³-hybridized carbons (Fsp3) is 0.429. The smallest absolute Gasteiger partial charge is 0.0976 e. The Hall–Kier alpha value is -1.62. The molecule has 132 valence electrons. The van der Waals surface area contributed by atoms with Gasteiger partial charge in [0.15, 0.2) is 0 Å². The molecule has 3 heterocycles. The van der Waals surface area contributed by atoms with E-state index in [1.54, 1.807) is 11.3 Å². The van der Waals surface area contributed by atoms with Gasteiger partial charge in [0.05, 0.1) is 12.7 Å². The van der Waals surface area contributed by atoms with Crippen LogP contribution in [0.4, 0.5) is 0 Å². The van der Waals surface area contributed by atoms with Gasteiger partial charge in [0.1, 0.15) is 0 Å². The summed E-state index contributed by atoms with van der Waals surface area (Å²) >= 11 is 1.77. The summed E-state index contributed by atoms with van der Waals surface area (Å²) in [6.07, 6.45) is 4.33. The quantitative estimate of drug-likeness (QED) is 0.642. The number of aromatic nitrogens is 1. The van der Waals surface area contributed by atoms with Crippen molar-refractivity contribution in [3.63, 3.8) is 0 Å². The van der Waals surface area contributed by atoms with Crippen LogP contribution >= 0.6 is 11.3 Å². The van der Waals surface area contributed by atoms with Crippen molar-refractivity contribution >= 4 is 22.2 Å². The van der Waals surface area contributed by atoms with Crippen LogP contribution in [-0.2, 0) is 16.7 Å². The van der Waals surface area contributed by atoms with E-state index in [1.807, 2.05) is 0 Å². The SMILES string of the molecule is CCC(CCC1OCCc2c1[nH]c1ccccc21)(NC)c1ccsc1. The molecule has 2 aromatic heterocycles. The summed E-state index contributed by atoms with van der Waals surface area (Å²) in [6, 6.07) is 10.9. The monoisotopic (exact) mass is 354 g/mol. The van der Waals surface area contributed by atoms with E-state index in [9.17, 15) is 0 Å². The molecular weight excluding hydrogens is 328 g/mol. The van der Waals surface area contributed by atoms with Crippen molar-refractivity contribution in [1.82, 2.24) is 10.3 Å². The Balaban J connectivity index is 1.60. The van der Waals surface area contributed by atoms with Crippen LogP contribution in [0.1, 0.15) is 49.1 Å². The third-order valence-corrected chi connectivity index (χ3v) is 6.51. The van der Waals surface area contributed by atoms with Crippen LogP contribution in [-0.4, -0.2) is 18.6 Å². The van der Waals surface area contributed by atoms with Gasteiger partial charge in [-0.1, -0.05) is 25.1 Å². The van der Waals surface area contributed by atoms with Crippen LogP contribution in [0.2, 0.25) is 0 Å². The van der Waals surface area contributed by atoms with E-state index in [2.05, 4.69) is 65.4 Å². The van der Waals surface area contributed by atoms with Crippen LogP contribution < -0.4 is 5.32 Å². The first-order valence-corrected chi connectivity index (χ1v) is 10.1. The lowest BCUT2D eigenvalue weighted by Gasteiger charge is -2.34. The van der Waals surface area contributed by atoms with Crippen molar-refractivity contribution in [3.05, 3.63) is 57.9 Å². The van der Waals surface area contributed by atoms with E-state index >= 15 is 0 Å². The molecule has 0 spiro atoms. The highest BCUT2D eigenvalue weighted by molar-refractivity contribution is 7.08. The Morgan fingerprint density at radius 1 is 1.32 bits per heavy atom. The van der Waals surface area contributed by atoms with Crippen molar-refractivity contribution in [2.24, 2.45) is 0 Å². The molecular formula is C21H26N2OS. The number of para-hydroxylation sites is 1. The van der Waals surface area contributed by atoms with Crippen molar-refractivity contribution in [3.8, 4) is 0 Å². The molecule has 4 heteroatoms. The zero-order chi connectivity index (χ0) is 17.3. The van der Waals surface area contributed by atoms with Gasteiger partial charge in [0, 0.05) is 22.1 Å². The van der Waals surface area contributed by atoms with Gasteiger partial charge in [-0.15, -0.1) is 0 Å². The van der Waals surface area contributed by atoms with Gasteiger partial charge in [0.2, 0.25) is 0 Å². The van der Waals surface area contributed by atoms with E-state index in [4.69, 9.17) is 4.74 Å². The zero-order valence-corrected chi connectivity index (χ0v) is 15.8. The number of nitrogens with one attached hydrogen (secondary N) is 2. The molecule has 1 aromatic carbocycles. The van der Waals surface area contributed by atoms with E-state index in [-0.39, 0.29) is 11.6 Å². The maximum absolute atomic E-state index is 6.18. The molecule has 0 amide bonds. The average molecular weight is 355 g/mol. The summed E-state index contributed by atoms with van der Waals surface area (Å²) in [5, 5.41) is 9.40. The number of rotatable bonds is 6. The first-order chi connectivity index (χ1) is 12.3. The minimum absolute atomic E-state index is 0.0347. The second kappa shape index (κ2) is 6.94. The number of hydrogen-bond acceptors (Lipinski definition) is 3. The summed E-state index contributed by atoms with van der Waals surface area (Å²) in [6.45, 7) is 3.08. The van der Waals surface area contributed by atoms with Crippen molar-refractivity contribution < 1.29 is 4.74 Å². The fourth-order valence-electron chi connectivity index (χ4n) is 4.26. The molecule has 3 nitrogen and oxygen atoms in total. The van der Waals surface area contributed by atoms with Gasteiger partial charge >= 0.3 is 0 Å². The van der Waals surface area contributed by atoms with Crippen molar-refractivity contribution in [1.29, 1.82) is 0 Å². The minimum atomic E-state index is 0.0347. The second-order valence-electron chi connectivity index (χ2n) is 6.91. The Bertz CT molecular complexity index is 833. The lowest BCUT2D eigenvalue weighted by Crippen LogP contribution is -2.39. The Kier molecular flexibility index (Phi) is 4.67. The van der Waals surface area contributed by atoms with E-state index in [0.717, 1.165) is 32.3 Å². The molecule has 2 unspecified atom stereocenters. The third kappa shape index (κ3) is 2.92. The normalized spacial score (nSPS) is 19.7. The first kappa shape index (κ1) is 16.8. The molecule has 0 aliphatic carbocycles. The van der Waals surface area contributed by atoms with Crippen molar-refractivity contribution in [2.45, 2.75) is 44.2 Å². The predicted octanol–water partition coefficient (Wildman–Crippen LogP) is 5.15. The Morgan fingerprint density at radius 2 is 2.20 bits per heavy atom. The number of thiophene rings is 1. The number of fused-ring (bicyclic) bond motifs is 3. The van der Waals surface area contributed by atoms with Crippen molar-refractivity contribution in [2.75, 3.05) is 13.7 Å². The van der Waals surface area contributed by atoms with Gasteiger partial charge in [-0.25, -0.2) is 0 Å². The molecule has 0 fully saturated rings. The first-order valence-electron chi connectivity index (χ1n) is 9.20. The number of ether oxygens (including phenoxy) is 1. The number of H-pyrrole nitrogens is 1. The molecule has 1 aliphatic heterocycles. The topological polar surface area (TPSA) is 37.0 Å². The second-order valence-corrected chi connectivity index (χ2v) is 7.69. The van der Waals surface area contributed by atoms with Crippen LogP contribution in [0.5, 0.6) is 0 Å². The van der Waals surface area contributed by atoms with Gasteiger partial charge in [-0.2, -0.15) is 11.3 Å². The highest BCUT2D eigenvalue weighted by Gasteiger charge is 2.32. The lowest BCUT2D eigenvalue weighted by molar-refractivity contribution is 0.0268. The lowest BCUT2D eigenvalue weighted by atomic mass is 9.83. The van der Waals surface area contributed by atoms with Gasteiger partial charge in [-0.3, -0.25) is 0 Å². The number of aromatic amines is 1. The van der Waals surface area contributed by atoms with Crippen LogP contribution in [0, 0.1) is 0 Å². The molecule has 2 atom stereocenters.